The molecule has 0 amide bonds. The van der Waals surface area contributed by atoms with Crippen molar-refractivity contribution in [1.82, 2.24) is 0 Å². The van der Waals surface area contributed by atoms with E-state index in [9.17, 15) is 9.90 Å². The molecule has 0 unspecified atom stereocenters. The van der Waals surface area contributed by atoms with Crippen molar-refractivity contribution in [1.29, 1.82) is 0 Å². The van der Waals surface area contributed by atoms with Gasteiger partial charge in [0.15, 0.2) is 0 Å². The number of hydrogen-bond acceptors (Lipinski definition) is 2. The van der Waals surface area contributed by atoms with Gasteiger partial charge in [-0.05, 0) is 57.3 Å². The smallest absolute Gasteiger partial charge is 0.309 e. The third kappa shape index (κ3) is 1.37. The highest BCUT2D eigenvalue weighted by atomic mass is 16.5. The highest BCUT2D eigenvalue weighted by Gasteiger charge is 2.67. The van der Waals surface area contributed by atoms with Crippen LogP contribution in [0.3, 0.4) is 0 Å². The number of rotatable bonds is 1. The largest absolute Gasteiger partial charge is 0.481 e. The minimum atomic E-state index is -0.653. The molecule has 3 aliphatic rings. The first-order valence-electron chi connectivity index (χ1n) is 7.24. The van der Waals surface area contributed by atoms with Crippen LogP contribution in [0.25, 0.3) is 0 Å². The van der Waals surface area contributed by atoms with Gasteiger partial charge in [-0.1, -0.05) is 13.3 Å². The van der Waals surface area contributed by atoms with Gasteiger partial charge in [0.1, 0.15) is 0 Å². The van der Waals surface area contributed by atoms with Gasteiger partial charge in [-0.2, -0.15) is 0 Å². The lowest BCUT2D eigenvalue weighted by Gasteiger charge is -2.54. The second-order valence-corrected chi connectivity index (χ2v) is 7.38. The molecule has 3 heteroatoms. The summed E-state index contributed by atoms with van der Waals surface area (Å²) in [5.74, 6) is -0.425. The molecule has 0 radical (unpaired) electrons. The number of ether oxygens (including phenoxy) is 1. The molecule has 1 aliphatic heterocycles. The Kier molecular flexibility index (Phi) is 2.42. The van der Waals surface area contributed by atoms with Crippen LogP contribution in [0.15, 0.2) is 0 Å². The number of hydrogen-bond donors (Lipinski definition) is 1. The van der Waals surface area contributed by atoms with Crippen LogP contribution in [0.2, 0.25) is 0 Å². The highest BCUT2D eigenvalue weighted by molar-refractivity contribution is 5.72. The summed E-state index contributed by atoms with van der Waals surface area (Å²) in [6.45, 7) is 6.55. The molecule has 102 valence electrons. The molecule has 2 aliphatic carbocycles. The Morgan fingerprint density at radius 2 is 1.94 bits per heavy atom. The maximum absolute atomic E-state index is 11.7. The summed E-state index contributed by atoms with van der Waals surface area (Å²) in [6, 6.07) is 0. The average molecular weight is 252 g/mol. The molecule has 1 saturated heterocycles. The quantitative estimate of drug-likeness (QED) is 0.779. The normalized spacial score (nSPS) is 49.7. The van der Waals surface area contributed by atoms with E-state index in [1.807, 2.05) is 0 Å². The average Bonchev–Trinajstić information content (AvgIpc) is 2.49. The topological polar surface area (TPSA) is 46.5 Å². The van der Waals surface area contributed by atoms with Crippen LogP contribution in [0.4, 0.5) is 0 Å². The molecule has 1 N–H and O–H groups in total. The fourth-order valence-corrected chi connectivity index (χ4v) is 4.95. The van der Waals surface area contributed by atoms with Crippen LogP contribution >= 0.6 is 0 Å². The number of carboxylic acids is 1. The Morgan fingerprint density at radius 1 is 1.22 bits per heavy atom. The molecule has 3 fully saturated rings. The Labute approximate surface area is 109 Å². The van der Waals surface area contributed by atoms with Crippen LogP contribution in [-0.4, -0.2) is 22.3 Å². The zero-order valence-corrected chi connectivity index (χ0v) is 11.7. The predicted molar refractivity (Wildman–Crippen MR) is 68.3 cm³/mol. The van der Waals surface area contributed by atoms with Crippen molar-refractivity contribution in [2.24, 2.45) is 17.3 Å². The molecule has 4 atom stereocenters. The minimum Gasteiger partial charge on any atom is -0.481 e. The van der Waals surface area contributed by atoms with Crippen molar-refractivity contribution in [3.63, 3.8) is 0 Å². The highest BCUT2D eigenvalue weighted by Crippen LogP contribution is 2.65. The molecule has 2 saturated carbocycles. The fourth-order valence-electron chi connectivity index (χ4n) is 4.95. The summed E-state index contributed by atoms with van der Waals surface area (Å²) in [4.78, 5) is 11.7. The van der Waals surface area contributed by atoms with Crippen LogP contribution in [0.5, 0.6) is 0 Å². The first kappa shape index (κ1) is 12.5. The number of carbonyl (C=O) groups is 1. The first-order valence-corrected chi connectivity index (χ1v) is 7.24. The van der Waals surface area contributed by atoms with Gasteiger partial charge in [0, 0.05) is 0 Å². The lowest BCUT2D eigenvalue weighted by molar-refractivity contribution is -0.206. The van der Waals surface area contributed by atoms with E-state index in [0.29, 0.717) is 5.92 Å². The van der Waals surface area contributed by atoms with Crippen molar-refractivity contribution in [2.75, 3.05) is 0 Å². The Hall–Kier alpha value is -0.570. The summed E-state index contributed by atoms with van der Waals surface area (Å²) in [7, 11) is 0. The second-order valence-electron chi connectivity index (χ2n) is 7.38. The number of aliphatic carboxylic acids is 1. The Morgan fingerprint density at radius 3 is 2.61 bits per heavy atom. The molecule has 0 aromatic rings. The SMILES string of the molecule is CC1(C)O[C@]23C[C@H]1CC[C@]2(C)CCC[C@@H]3C(=O)O. The van der Waals surface area contributed by atoms with Crippen LogP contribution in [0, 0.1) is 17.3 Å². The van der Waals surface area contributed by atoms with Crippen molar-refractivity contribution < 1.29 is 14.6 Å². The van der Waals surface area contributed by atoms with E-state index in [0.717, 1.165) is 32.1 Å². The van der Waals surface area contributed by atoms with E-state index in [4.69, 9.17) is 4.74 Å². The summed E-state index contributed by atoms with van der Waals surface area (Å²) >= 11 is 0. The number of fused-ring (bicyclic) bond motifs is 1. The molecule has 2 bridgehead atoms. The van der Waals surface area contributed by atoms with E-state index in [2.05, 4.69) is 20.8 Å². The monoisotopic (exact) mass is 252 g/mol. The van der Waals surface area contributed by atoms with Gasteiger partial charge >= 0.3 is 5.97 Å². The van der Waals surface area contributed by atoms with Crippen molar-refractivity contribution in [3.05, 3.63) is 0 Å². The maximum Gasteiger partial charge on any atom is 0.309 e. The Balaban J connectivity index is 2.07. The first-order chi connectivity index (χ1) is 8.31. The lowest BCUT2D eigenvalue weighted by atomic mass is 9.52. The standard InChI is InChI=1S/C15H24O3/c1-13(2)10-6-8-14(3)7-4-5-11(12(16)17)15(14,9-10)18-13/h10-11H,4-9H2,1-3H3,(H,16,17)/t10-,11-,14+,15+/m1/s1. The van der Waals surface area contributed by atoms with E-state index in [1.165, 1.54) is 6.42 Å². The zero-order valence-electron chi connectivity index (χ0n) is 11.7. The molecule has 0 aromatic carbocycles. The van der Waals surface area contributed by atoms with Gasteiger partial charge in [0.05, 0.1) is 17.1 Å². The van der Waals surface area contributed by atoms with Gasteiger partial charge in [0.25, 0.3) is 0 Å². The predicted octanol–water partition coefficient (Wildman–Crippen LogP) is 3.23. The summed E-state index contributed by atoms with van der Waals surface area (Å²) in [5.41, 5.74) is -0.481. The summed E-state index contributed by atoms with van der Waals surface area (Å²) in [5, 5.41) is 9.60. The van der Waals surface area contributed by atoms with Crippen LogP contribution < -0.4 is 0 Å². The summed E-state index contributed by atoms with van der Waals surface area (Å²) < 4.78 is 6.46. The van der Waals surface area contributed by atoms with E-state index < -0.39 is 11.6 Å². The van der Waals surface area contributed by atoms with E-state index in [-0.39, 0.29) is 16.9 Å². The Bertz CT molecular complexity index is 389. The molecular formula is C15H24O3. The second kappa shape index (κ2) is 3.50. The molecule has 0 aromatic heterocycles. The third-order valence-corrected chi connectivity index (χ3v) is 6.13. The lowest BCUT2D eigenvalue weighted by Crippen LogP contribution is -2.58. The molecule has 3 rings (SSSR count). The minimum absolute atomic E-state index is 0.0680. The van der Waals surface area contributed by atoms with Crippen molar-refractivity contribution >= 4 is 5.97 Å². The van der Waals surface area contributed by atoms with Crippen LogP contribution in [-0.2, 0) is 9.53 Å². The third-order valence-electron chi connectivity index (χ3n) is 6.13. The fraction of sp³-hybridized carbons (Fsp3) is 0.933. The molecule has 1 heterocycles. The van der Waals surface area contributed by atoms with Gasteiger partial charge in [0.2, 0.25) is 0 Å². The van der Waals surface area contributed by atoms with Crippen molar-refractivity contribution in [3.8, 4) is 0 Å². The van der Waals surface area contributed by atoms with Crippen LogP contribution in [0.1, 0.15) is 59.3 Å². The number of carboxylic acid groups (broad SMARTS) is 1. The molecule has 1 spiro atoms. The zero-order chi connectivity index (χ0) is 13.2. The van der Waals surface area contributed by atoms with Gasteiger partial charge < -0.3 is 9.84 Å². The van der Waals surface area contributed by atoms with Gasteiger partial charge in [-0.25, -0.2) is 0 Å². The van der Waals surface area contributed by atoms with Crippen molar-refractivity contribution in [2.45, 2.75) is 70.5 Å². The molecule has 3 nitrogen and oxygen atoms in total. The van der Waals surface area contributed by atoms with Gasteiger partial charge in [-0.3, -0.25) is 4.79 Å². The summed E-state index contributed by atoms with van der Waals surface area (Å²) in [6.07, 6.45) is 6.22. The van der Waals surface area contributed by atoms with E-state index >= 15 is 0 Å². The molecular weight excluding hydrogens is 228 g/mol. The van der Waals surface area contributed by atoms with Gasteiger partial charge in [-0.15, -0.1) is 0 Å². The molecule has 18 heavy (non-hydrogen) atoms. The maximum atomic E-state index is 11.7. The van der Waals surface area contributed by atoms with E-state index in [1.54, 1.807) is 0 Å².